The fraction of sp³-hybridized carbons (Fsp3) is 0.800. The first-order chi connectivity index (χ1) is 12.1. The Morgan fingerprint density at radius 3 is 2.38 bits per heavy atom. The van der Waals surface area contributed by atoms with E-state index in [0.717, 1.165) is 31.6 Å². The molecule has 0 aromatic carbocycles. The molecule has 0 radical (unpaired) electrons. The Bertz CT molecular complexity index is 470. The minimum Gasteiger partial charge on any atom is -0.480 e. The van der Waals surface area contributed by atoms with Crippen molar-refractivity contribution in [1.29, 1.82) is 0 Å². The zero-order valence-corrected chi connectivity index (χ0v) is 17.2. The first-order valence-corrected chi connectivity index (χ1v) is 9.62. The van der Waals surface area contributed by atoms with E-state index in [1.54, 1.807) is 4.90 Å². The van der Waals surface area contributed by atoms with E-state index in [4.69, 9.17) is 4.74 Å². The predicted molar refractivity (Wildman–Crippen MR) is 104 cm³/mol. The van der Waals surface area contributed by atoms with Crippen LogP contribution in [0.25, 0.3) is 0 Å². The summed E-state index contributed by atoms with van der Waals surface area (Å²) in [5, 5.41) is 0. The molecule has 0 N–H and O–H groups in total. The number of hydrogen-bond donors (Lipinski definition) is 0. The van der Waals surface area contributed by atoms with Gasteiger partial charge in [-0.05, 0) is 52.8 Å². The molecule has 26 heavy (non-hydrogen) atoms. The van der Waals surface area contributed by atoms with Crippen LogP contribution in [0.5, 0.6) is 0 Å². The van der Waals surface area contributed by atoms with Gasteiger partial charge in [-0.1, -0.05) is 13.5 Å². The SMILES string of the molecule is C=C(OCC)N(C)CCC(C)N(C)CCC(C)C(=C)N1CCC(F)(F)C1. The van der Waals surface area contributed by atoms with Gasteiger partial charge in [0, 0.05) is 38.3 Å². The van der Waals surface area contributed by atoms with Gasteiger partial charge in [-0.2, -0.15) is 0 Å². The van der Waals surface area contributed by atoms with E-state index in [9.17, 15) is 8.78 Å². The third-order valence-corrected chi connectivity index (χ3v) is 5.43. The number of ether oxygens (including phenoxy) is 1. The summed E-state index contributed by atoms with van der Waals surface area (Å²) < 4.78 is 32.2. The van der Waals surface area contributed by atoms with Crippen molar-refractivity contribution in [3.8, 4) is 0 Å². The molecule has 152 valence electrons. The van der Waals surface area contributed by atoms with Crippen molar-refractivity contribution in [2.24, 2.45) is 5.92 Å². The fourth-order valence-electron chi connectivity index (χ4n) is 3.08. The lowest BCUT2D eigenvalue weighted by molar-refractivity contribution is 0.0143. The number of hydrogen-bond acceptors (Lipinski definition) is 4. The van der Waals surface area contributed by atoms with Gasteiger partial charge in [0.05, 0.1) is 13.2 Å². The van der Waals surface area contributed by atoms with E-state index in [-0.39, 0.29) is 18.9 Å². The minimum atomic E-state index is -2.56. The van der Waals surface area contributed by atoms with E-state index in [2.05, 4.69) is 39.0 Å². The monoisotopic (exact) mass is 373 g/mol. The first kappa shape index (κ1) is 22.7. The number of alkyl halides is 2. The Balaban J connectivity index is 2.32. The van der Waals surface area contributed by atoms with Crippen LogP contribution in [0.15, 0.2) is 24.7 Å². The molecule has 1 rings (SSSR count). The van der Waals surface area contributed by atoms with Gasteiger partial charge in [-0.3, -0.25) is 0 Å². The van der Waals surface area contributed by atoms with E-state index in [1.807, 2.05) is 18.9 Å². The number of rotatable bonds is 12. The number of nitrogens with zero attached hydrogens (tertiary/aromatic N) is 3. The Morgan fingerprint density at radius 2 is 1.85 bits per heavy atom. The Labute approximate surface area is 158 Å². The summed E-state index contributed by atoms with van der Waals surface area (Å²) >= 11 is 0. The second kappa shape index (κ2) is 10.1. The van der Waals surface area contributed by atoms with E-state index >= 15 is 0 Å². The molecule has 0 bridgehead atoms. The highest BCUT2D eigenvalue weighted by Crippen LogP contribution is 2.31. The molecule has 2 unspecified atom stereocenters. The molecule has 1 heterocycles. The van der Waals surface area contributed by atoms with Crippen molar-refractivity contribution < 1.29 is 13.5 Å². The van der Waals surface area contributed by atoms with Gasteiger partial charge in [-0.25, -0.2) is 8.78 Å². The topological polar surface area (TPSA) is 19.0 Å². The number of allylic oxidation sites excluding steroid dienone is 1. The third kappa shape index (κ3) is 7.14. The van der Waals surface area contributed by atoms with Crippen LogP contribution in [-0.4, -0.2) is 73.5 Å². The quantitative estimate of drug-likeness (QED) is 0.481. The molecule has 1 aliphatic heterocycles. The Morgan fingerprint density at radius 1 is 1.19 bits per heavy atom. The molecule has 0 aliphatic carbocycles. The van der Waals surface area contributed by atoms with Crippen molar-refractivity contribution in [1.82, 2.24) is 14.7 Å². The fourth-order valence-corrected chi connectivity index (χ4v) is 3.08. The number of likely N-dealkylation sites (tertiary alicyclic amines) is 1. The lowest BCUT2D eigenvalue weighted by Crippen LogP contribution is -2.35. The molecular formula is C20H37F2N3O. The van der Waals surface area contributed by atoms with E-state index < -0.39 is 5.92 Å². The third-order valence-electron chi connectivity index (χ3n) is 5.43. The molecule has 2 atom stereocenters. The molecular weight excluding hydrogens is 336 g/mol. The Hall–Kier alpha value is -1.30. The van der Waals surface area contributed by atoms with Gasteiger partial charge in [0.1, 0.15) is 0 Å². The summed E-state index contributed by atoms with van der Waals surface area (Å²) in [6.45, 7) is 16.9. The van der Waals surface area contributed by atoms with Gasteiger partial charge >= 0.3 is 0 Å². The van der Waals surface area contributed by atoms with Crippen LogP contribution in [-0.2, 0) is 4.74 Å². The van der Waals surface area contributed by atoms with Crippen LogP contribution < -0.4 is 0 Å². The van der Waals surface area contributed by atoms with Gasteiger partial charge < -0.3 is 19.4 Å². The largest absolute Gasteiger partial charge is 0.480 e. The molecule has 1 fully saturated rings. The summed E-state index contributed by atoms with van der Waals surface area (Å²) in [5.41, 5.74) is 0.843. The molecule has 0 aromatic heterocycles. The van der Waals surface area contributed by atoms with Gasteiger partial charge in [0.15, 0.2) is 5.88 Å². The van der Waals surface area contributed by atoms with Crippen LogP contribution >= 0.6 is 0 Å². The van der Waals surface area contributed by atoms with Crippen molar-refractivity contribution in [2.45, 2.75) is 52.0 Å². The summed E-state index contributed by atoms with van der Waals surface area (Å²) in [7, 11) is 4.10. The maximum Gasteiger partial charge on any atom is 0.266 e. The summed E-state index contributed by atoms with van der Waals surface area (Å²) in [6, 6.07) is 0.420. The van der Waals surface area contributed by atoms with Crippen molar-refractivity contribution in [2.75, 3.05) is 46.9 Å². The average Bonchev–Trinajstić information content (AvgIpc) is 2.96. The van der Waals surface area contributed by atoms with Crippen molar-refractivity contribution in [3.05, 3.63) is 24.7 Å². The number of halogens is 2. The van der Waals surface area contributed by atoms with Crippen LogP contribution in [0.1, 0.15) is 40.0 Å². The van der Waals surface area contributed by atoms with Crippen molar-refractivity contribution >= 4 is 0 Å². The Kier molecular flexibility index (Phi) is 8.87. The lowest BCUT2D eigenvalue weighted by atomic mass is 10.0. The molecule has 1 saturated heterocycles. The minimum absolute atomic E-state index is 0.0593. The van der Waals surface area contributed by atoms with E-state index in [0.29, 0.717) is 25.1 Å². The maximum atomic E-state index is 13.4. The molecule has 0 spiro atoms. The van der Waals surface area contributed by atoms with Crippen LogP contribution in [0.2, 0.25) is 0 Å². The second-order valence-electron chi connectivity index (χ2n) is 7.58. The standard InChI is InChI=1S/C20H37F2N3O/c1-8-26-19(5)24(7)13-10-17(3)23(6)12-9-16(2)18(4)25-14-11-20(21,22)15-25/h16-17H,4-5,8-15H2,1-3,6-7H3. The molecule has 0 amide bonds. The molecule has 0 saturated carbocycles. The van der Waals surface area contributed by atoms with Crippen LogP contribution in [0, 0.1) is 5.92 Å². The predicted octanol–water partition coefficient (Wildman–Crippen LogP) is 4.02. The van der Waals surface area contributed by atoms with E-state index in [1.165, 1.54) is 0 Å². The molecule has 0 aromatic rings. The van der Waals surface area contributed by atoms with Crippen LogP contribution in [0.4, 0.5) is 8.78 Å². The molecule has 1 aliphatic rings. The smallest absolute Gasteiger partial charge is 0.266 e. The first-order valence-electron chi connectivity index (χ1n) is 9.62. The summed E-state index contributed by atoms with van der Waals surface area (Å²) in [4.78, 5) is 6.11. The molecule has 4 nitrogen and oxygen atoms in total. The molecule has 6 heteroatoms. The maximum absolute atomic E-state index is 13.4. The second-order valence-corrected chi connectivity index (χ2v) is 7.58. The van der Waals surface area contributed by atoms with Gasteiger partial charge in [0.2, 0.25) is 0 Å². The zero-order valence-electron chi connectivity index (χ0n) is 17.2. The summed E-state index contributed by atoms with van der Waals surface area (Å²) in [5.74, 6) is -1.65. The lowest BCUT2D eigenvalue weighted by Gasteiger charge is -2.30. The van der Waals surface area contributed by atoms with Crippen molar-refractivity contribution in [3.63, 3.8) is 0 Å². The normalized spacial score (nSPS) is 18.7. The highest BCUT2D eigenvalue weighted by Gasteiger charge is 2.39. The average molecular weight is 374 g/mol. The van der Waals surface area contributed by atoms with Crippen LogP contribution in [0.3, 0.4) is 0 Å². The highest BCUT2D eigenvalue weighted by atomic mass is 19.3. The van der Waals surface area contributed by atoms with Gasteiger partial charge in [0.25, 0.3) is 5.92 Å². The van der Waals surface area contributed by atoms with Gasteiger partial charge in [-0.15, -0.1) is 0 Å². The highest BCUT2D eigenvalue weighted by molar-refractivity contribution is 5.03. The summed E-state index contributed by atoms with van der Waals surface area (Å²) in [6.07, 6.45) is 1.87. The zero-order chi connectivity index (χ0) is 19.9.